The summed E-state index contributed by atoms with van der Waals surface area (Å²) in [6, 6.07) is 5.46. The quantitative estimate of drug-likeness (QED) is 0.486. The maximum Gasteiger partial charge on any atom is 0.195 e. The molecule has 0 aromatic heterocycles. The summed E-state index contributed by atoms with van der Waals surface area (Å²) < 4.78 is 0. The Bertz CT molecular complexity index is 602. The number of hydrogen-bond acceptors (Lipinski definition) is 4. The minimum absolute atomic E-state index is 0.0000328. The highest BCUT2D eigenvalue weighted by molar-refractivity contribution is 7.50. The third kappa shape index (κ3) is 6.48. The van der Waals surface area contributed by atoms with Gasteiger partial charge >= 0.3 is 0 Å². The molecule has 0 unspecified atom stereocenters. The molecule has 7 heteroatoms. The van der Waals surface area contributed by atoms with Gasteiger partial charge in [-0.1, -0.05) is 41.3 Å². The zero-order chi connectivity index (χ0) is 18.4. The SMILES string of the molecule is C[C@@H](NC[C@@H](O)CC(=C1CCCCC1)P(O)O)c1ccc(Cl)c(Cl)c1. The van der Waals surface area contributed by atoms with E-state index in [1.54, 1.807) is 6.07 Å². The first-order valence-corrected chi connectivity index (χ1v) is 10.6. The third-order valence-corrected chi connectivity index (χ3v) is 6.36. The molecule has 0 amide bonds. The third-order valence-electron chi connectivity index (χ3n) is 4.64. The van der Waals surface area contributed by atoms with Crippen molar-refractivity contribution in [3.8, 4) is 0 Å². The van der Waals surface area contributed by atoms with Crippen LogP contribution in [0.1, 0.15) is 57.1 Å². The van der Waals surface area contributed by atoms with Crippen molar-refractivity contribution in [1.29, 1.82) is 0 Å². The maximum atomic E-state index is 10.3. The summed E-state index contributed by atoms with van der Waals surface area (Å²) in [5.41, 5.74) is 2.11. The highest BCUT2D eigenvalue weighted by Crippen LogP contribution is 2.44. The molecule has 0 saturated heterocycles. The second-order valence-corrected chi connectivity index (χ2v) is 8.49. The van der Waals surface area contributed by atoms with Crippen LogP contribution in [0.25, 0.3) is 0 Å². The summed E-state index contributed by atoms with van der Waals surface area (Å²) >= 11 is 12.0. The highest BCUT2D eigenvalue weighted by Gasteiger charge is 2.20. The van der Waals surface area contributed by atoms with E-state index in [9.17, 15) is 14.9 Å². The zero-order valence-corrected chi connectivity index (χ0v) is 16.8. The van der Waals surface area contributed by atoms with Crippen LogP contribution in [0.3, 0.4) is 0 Å². The van der Waals surface area contributed by atoms with Crippen molar-refractivity contribution >= 4 is 31.6 Å². The molecule has 0 radical (unpaired) electrons. The first-order valence-electron chi connectivity index (χ1n) is 8.63. The van der Waals surface area contributed by atoms with Crippen molar-refractivity contribution in [2.45, 2.75) is 57.6 Å². The van der Waals surface area contributed by atoms with Crippen molar-refractivity contribution in [2.75, 3.05) is 6.54 Å². The number of hydrogen-bond donors (Lipinski definition) is 4. The molecule has 0 spiro atoms. The van der Waals surface area contributed by atoms with Gasteiger partial charge in [0.25, 0.3) is 0 Å². The van der Waals surface area contributed by atoms with Crippen molar-refractivity contribution in [2.24, 2.45) is 0 Å². The second kappa shape index (κ2) is 10.2. The summed E-state index contributed by atoms with van der Waals surface area (Å²) in [4.78, 5) is 19.5. The highest BCUT2D eigenvalue weighted by atomic mass is 35.5. The molecule has 25 heavy (non-hydrogen) atoms. The van der Waals surface area contributed by atoms with Gasteiger partial charge in [-0.3, -0.25) is 0 Å². The molecule has 1 aromatic rings. The largest absolute Gasteiger partial charge is 0.391 e. The van der Waals surface area contributed by atoms with E-state index in [0.717, 1.165) is 36.8 Å². The van der Waals surface area contributed by atoms with Crippen LogP contribution < -0.4 is 5.32 Å². The summed E-state index contributed by atoms with van der Waals surface area (Å²) in [6.45, 7) is 2.35. The van der Waals surface area contributed by atoms with E-state index in [4.69, 9.17) is 23.2 Å². The van der Waals surface area contributed by atoms with Crippen LogP contribution in [0.4, 0.5) is 0 Å². The van der Waals surface area contributed by atoms with Crippen LogP contribution in [0, 0.1) is 0 Å². The van der Waals surface area contributed by atoms with Gasteiger partial charge in [0.2, 0.25) is 0 Å². The fourth-order valence-electron chi connectivity index (χ4n) is 3.14. The average Bonchev–Trinajstić information content (AvgIpc) is 2.60. The molecule has 1 aliphatic rings. The summed E-state index contributed by atoms with van der Waals surface area (Å²) in [6.07, 6.45) is 4.82. The van der Waals surface area contributed by atoms with Crippen molar-refractivity contribution < 1.29 is 14.9 Å². The Morgan fingerprint density at radius 3 is 2.44 bits per heavy atom. The predicted molar refractivity (Wildman–Crippen MR) is 105 cm³/mol. The van der Waals surface area contributed by atoms with E-state index in [2.05, 4.69) is 5.32 Å². The first-order chi connectivity index (χ1) is 11.9. The van der Waals surface area contributed by atoms with Crippen LogP contribution in [0.5, 0.6) is 0 Å². The molecule has 2 rings (SSSR count). The molecule has 1 saturated carbocycles. The van der Waals surface area contributed by atoms with Gasteiger partial charge in [-0.25, -0.2) is 0 Å². The number of aliphatic hydroxyl groups excluding tert-OH is 1. The Morgan fingerprint density at radius 1 is 1.16 bits per heavy atom. The summed E-state index contributed by atoms with van der Waals surface area (Å²) in [5.74, 6) is 0. The monoisotopic (exact) mass is 405 g/mol. The lowest BCUT2D eigenvalue weighted by atomic mass is 9.93. The number of rotatable bonds is 7. The molecule has 0 heterocycles. The lowest BCUT2D eigenvalue weighted by molar-refractivity contribution is 0.168. The molecule has 0 bridgehead atoms. The van der Waals surface area contributed by atoms with E-state index < -0.39 is 14.5 Å². The normalized spacial score (nSPS) is 17.6. The Balaban J connectivity index is 1.92. The predicted octanol–water partition coefficient (Wildman–Crippen LogP) is 4.91. The van der Waals surface area contributed by atoms with Gasteiger partial charge in [-0.15, -0.1) is 0 Å². The number of allylic oxidation sites excluding steroid dienone is 1. The number of halogens is 2. The van der Waals surface area contributed by atoms with Crippen molar-refractivity contribution in [1.82, 2.24) is 5.32 Å². The molecule has 1 aromatic carbocycles. The summed E-state index contributed by atoms with van der Waals surface area (Å²) in [7, 11) is -2.14. The fourth-order valence-corrected chi connectivity index (χ4v) is 4.33. The average molecular weight is 406 g/mol. The second-order valence-electron chi connectivity index (χ2n) is 6.56. The molecule has 2 atom stereocenters. The molecule has 0 aliphatic heterocycles. The molecule has 4 nitrogen and oxygen atoms in total. The minimum atomic E-state index is -2.14. The van der Waals surface area contributed by atoms with Gasteiger partial charge in [0, 0.05) is 24.3 Å². The van der Waals surface area contributed by atoms with E-state index in [-0.39, 0.29) is 6.04 Å². The number of nitrogens with one attached hydrogen (secondary N) is 1. The molecule has 140 valence electrons. The Hall–Kier alpha value is -0.190. The number of benzene rings is 1. The van der Waals surface area contributed by atoms with E-state index in [1.807, 2.05) is 19.1 Å². The lowest BCUT2D eigenvalue weighted by Crippen LogP contribution is -2.29. The molecule has 1 fully saturated rings. The van der Waals surface area contributed by atoms with Gasteiger partial charge in [-0.2, -0.15) is 0 Å². The standard InChI is InChI=1S/C18H26Cl2NO3P/c1-12(14-7-8-16(19)17(20)9-14)21-11-15(22)10-18(25(23)24)13-5-3-2-4-6-13/h7-9,12,15,21-24H,2-6,10-11H2,1H3/t12-,15+/m1/s1. The Kier molecular flexibility index (Phi) is 8.63. The smallest absolute Gasteiger partial charge is 0.195 e. The molecule has 4 N–H and O–H groups in total. The maximum absolute atomic E-state index is 10.3. The topological polar surface area (TPSA) is 72.7 Å². The van der Waals surface area contributed by atoms with Crippen LogP contribution in [0.15, 0.2) is 29.1 Å². The van der Waals surface area contributed by atoms with Crippen molar-refractivity contribution in [3.05, 3.63) is 44.7 Å². The molecular formula is C18H26Cl2NO3P. The van der Waals surface area contributed by atoms with Crippen LogP contribution in [-0.4, -0.2) is 27.5 Å². The van der Waals surface area contributed by atoms with Gasteiger partial charge < -0.3 is 20.2 Å². The van der Waals surface area contributed by atoms with Gasteiger partial charge in [0.15, 0.2) is 8.38 Å². The molecule has 1 aliphatic carbocycles. The fraction of sp³-hybridized carbons (Fsp3) is 0.556. The van der Waals surface area contributed by atoms with E-state index >= 15 is 0 Å². The zero-order valence-electron chi connectivity index (χ0n) is 14.4. The van der Waals surface area contributed by atoms with E-state index in [1.165, 1.54) is 6.42 Å². The summed E-state index contributed by atoms with van der Waals surface area (Å²) in [5, 5.41) is 15.3. The van der Waals surface area contributed by atoms with Crippen LogP contribution >= 0.6 is 31.6 Å². The van der Waals surface area contributed by atoms with Gasteiger partial charge in [0.1, 0.15) is 0 Å². The first kappa shape index (κ1) is 21.1. The Labute approximate surface area is 160 Å². The van der Waals surface area contributed by atoms with Gasteiger partial charge in [-0.05, 0) is 50.3 Å². The van der Waals surface area contributed by atoms with Crippen LogP contribution in [-0.2, 0) is 0 Å². The molecular weight excluding hydrogens is 380 g/mol. The lowest BCUT2D eigenvalue weighted by Gasteiger charge is -2.23. The number of aliphatic hydroxyl groups is 1. The van der Waals surface area contributed by atoms with Crippen molar-refractivity contribution in [3.63, 3.8) is 0 Å². The van der Waals surface area contributed by atoms with Gasteiger partial charge in [0.05, 0.1) is 16.1 Å². The minimum Gasteiger partial charge on any atom is -0.391 e. The van der Waals surface area contributed by atoms with Crippen LogP contribution in [0.2, 0.25) is 10.0 Å². The van der Waals surface area contributed by atoms with E-state index in [0.29, 0.717) is 28.3 Å². The Morgan fingerprint density at radius 2 is 1.84 bits per heavy atom.